The van der Waals surface area contributed by atoms with Gasteiger partial charge in [0.15, 0.2) is 0 Å². The van der Waals surface area contributed by atoms with Crippen molar-refractivity contribution >= 4 is 17.6 Å². The van der Waals surface area contributed by atoms with Crippen molar-refractivity contribution in [1.82, 2.24) is 10.2 Å². The van der Waals surface area contributed by atoms with E-state index in [1.807, 2.05) is 29.2 Å². The standard InChI is InChI=1S/C15H21ClN2O/c1-12-5-2-3-10-18(12)15(19)17-9-8-13-6-4-7-14(16)11-13/h4,6-7,11-12H,2-3,5,8-10H2,1H3,(H,17,19). The summed E-state index contributed by atoms with van der Waals surface area (Å²) in [5.74, 6) is 0. The molecule has 0 aromatic heterocycles. The monoisotopic (exact) mass is 280 g/mol. The third-order valence-corrected chi connectivity index (χ3v) is 3.88. The van der Waals surface area contributed by atoms with E-state index in [-0.39, 0.29) is 6.03 Å². The van der Waals surface area contributed by atoms with Crippen molar-refractivity contribution in [2.24, 2.45) is 0 Å². The SMILES string of the molecule is CC1CCCCN1C(=O)NCCc1cccc(Cl)c1. The average Bonchev–Trinajstić information content (AvgIpc) is 2.39. The first-order valence-electron chi connectivity index (χ1n) is 6.96. The molecular formula is C15H21ClN2O. The highest BCUT2D eigenvalue weighted by molar-refractivity contribution is 6.30. The van der Waals surface area contributed by atoms with Crippen LogP contribution in [-0.2, 0) is 6.42 Å². The number of urea groups is 1. The molecule has 0 radical (unpaired) electrons. The first-order valence-corrected chi connectivity index (χ1v) is 7.33. The topological polar surface area (TPSA) is 32.3 Å². The molecule has 2 amide bonds. The second kappa shape index (κ2) is 6.80. The lowest BCUT2D eigenvalue weighted by Crippen LogP contribution is -2.47. The predicted octanol–water partition coefficient (Wildman–Crippen LogP) is 3.47. The van der Waals surface area contributed by atoms with Crippen molar-refractivity contribution in [1.29, 1.82) is 0 Å². The van der Waals surface area contributed by atoms with Crippen molar-refractivity contribution in [2.75, 3.05) is 13.1 Å². The number of nitrogens with zero attached hydrogens (tertiary/aromatic N) is 1. The number of benzene rings is 1. The zero-order chi connectivity index (χ0) is 13.7. The van der Waals surface area contributed by atoms with Crippen LogP contribution in [0.5, 0.6) is 0 Å². The van der Waals surface area contributed by atoms with Crippen LogP contribution in [-0.4, -0.2) is 30.1 Å². The fourth-order valence-electron chi connectivity index (χ4n) is 2.51. The van der Waals surface area contributed by atoms with Crippen LogP contribution in [0.2, 0.25) is 5.02 Å². The quantitative estimate of drug-likeness (QED) is 0.903. The predicted molar refractivity (Wildman–Crippen MR) is 78.6 cm³/mol. The summed E-state index contributed by atoms with van der Waals surface area (Å²) in [7, 11) is 0. The number of piperidine rings is 1. The maximum atomic E-state index is 12.1. The van der Waals surface area contributed by atoms with Gasteiger partial charge in [-0.25, -0.2) is 4.79 Å². The van der Waals surface area contributed by atoms with Gasteiger partial charge in [-0.2, -0.15) is 0 Å². The van der Waals surface area contributed by atoms with Gasteiger partial charge in [0.2, 0.25) is 0 Å². The molecule has 0 bridgehead atoms. The van der Waals surface area contributed by atoms with Crippen LogP contribution in [0.15, 0.2) is 24.3 Å². The Labute approximate surface area is 119 Å². The van der Waals surface area contributed by atoms with Gasteiger partial charge in [-0.05, 0) is 50.3 Å². The Morgan fingerprint density at radius 1 is 1.47 bits per heavy atom. The van der Waals surface area contributed by atoms with Gasteiger partial charge in [0.05, 0.1) is 0 Å². The van der Waals surface area contributed by atoms with E-state index in [9.17, 15) is 4.79 Å². The normalized spacial score (nSPS) is 19.3. The molecule has 19 heavy (non-hydrogen) atoms. The highest BCUT2D eigenvalue weighted by atomic mass is 35.5. The molecule has 4 heteroatoms. The van der Waals surface area contributed by atoms with Gasteiger partial charge in [-0.15, -0.1) is 0 Å². The fourth-order valence-corrected chi connectivity index (χ4v) is 2.72. The van der Waals surface area contributed by atoms with Crippen LogP contribution in [0.4, 0.5) is 4.79 Å². The molecule has 0 aliphatic carbocycles. The van der Waals surface area contributed by atoms with Crippen LogP contribution in [0, 0.1) is 0 Å². The molecule has 1 fully saturated rings. The molecule has 1 aromatic carbocycles. The molecule has 3 nitrogen and oxygen atoms in total. The summed E-state index contributed by atoms with van der Waals surface area (Å²) in [6.07, 6.45) is 4.27. The Balaban J connectivity index is 1.77. The number of carbonyl (C=O) groups excluding carboxylic acids is 1. The van der Waals surface area contributed by atoms with E-state index in [0.29, 0.717) is 12.6 Å². The number of carbonyl (C=O) groups is 1. The van der Waals surface area contributed by atoms with E-state index in [1.165, 1.54) is 6.42 Å². The number of likely N-dealkylation sites (tertiary alicyclic amines) is 1. The lowest BCUT2D eigenvalue weighted by atomic mass is 10.0. The number of amides is 2. The highest BCUT2D eigenvalue weighted by Crippen LogP contribution is 2.16. The minimum atomic E-state index is 0.0641. The zero-order valence-electron chi connectivity index (χ0n) is 11.4. The molecule has 0 saturated carbocycles. The first-order chi connectivity index (χ1) is 9.16. The smallest absolute Gasteiger partial charge is 0.317 e. The van der Waals surface area contributed by atoms with Gasteiger partial charge in [0, 0.05) is 24.2 Å². The molecule has 1 atom stereocenters. The van der Waals surface area contributed by atoms with Crippen molar-refractivity contribution in [2.45, 2.75) is 38.6 Å². The molecule has 104 valence electrons. The Hall–Kier alpha value is -1.22. The van der Waals surface area contributed by atoms with Crippen molar-refractivity contribution < 1.29 is 4.79 Å². The number of rotatable bonds is 3. The van der Waals surface area contributed by atoms with Crippen LogP contribution in [0.25, 0.3) is 0 Å². The molecule has 1 N–H and O–H groups in total. The molecule has 1 saturated heterocycles. The zero-order valence-corrected chi connectivity index (χ0v) is 12.1. The van der Waals surface area contributed by atoms with E-state index in [4.69, 9.17) is 11.6 Å². The average molecular weight is 281 g/mol. The third-order valence-electron chi connectivity index (χ3n) is 3.64. The summed E-state index contributed by atoms with van der Waals surface area (Å²) in [4.78, 5) is 14.0. The van der Waals surface area contributed by atoms with Crippen LogP contribution in [0.1, 0.15) is 31.7 Å². The highest BCUT2D eigenvalue weighted by Gasteiger charge is 2.22. The van der Waals surface area contributed by atoms with E-state index in [1.54, 1.807) is 0 Å². The van der Waals surface area contributed by atoms with E-state index < -0.39 is 0 Å². The van der Waals surface area contributed by atoms with Gasteiger partial charge in [-0.1, -0.05) is 23.7 Å². The van der Waals surface area contributed by atoms with Crippen molar-refractivity contribution in [3.63, 3.8) is 0 Å². The van der Waals surface area contributed by atoms with Crippen LogP contribution in [0.3, 0.4) is 0 Å². The van der Waals surface area contributed by atoms with Gasteiger partial charge < -0.3 is 10.2 Å². The molecule has 1 aliphatic rings. The molecule has 1 heterocycles. The largest absolute Gasteiger partial charge is 0.338 e. The fraction of sp³-hybridized carbons (Fsp3) is 0.533. The third kappa shape index (κ3) is 4.13. The minimum absolute atomic E-state index is 0.0641. The maximum absolute atomic E-state index is 12.1. The number of hydrogen-bond donors (Lipinski definition) is 1. The molecule has 1 aliphatic heterocycles. The van der Waals surface area contributed by atoms with Gasteiger partial charge in [-0.3, -0.25) is 0 Å². The van der Waals surface area contributed by atoms with Crippen LogP contribution < -0.4 is 5.32 Å². The molecule has 1 aromatic rings. The van der Waals surface area contributed by atoms with Crippen molar-refractivity contribution in [3.05, 3.63) is 34.9 Å². The van der Waals surface area contributed by atoms with Gasteiger partial charge in [0.25, 0.3) is 0 Å². The summed E-state index contributed by atoms with van der Waals surface area (Å²) in [6.45, 7) is 3.66. The number of hydrogen-bond acceptors (Lipinski definition) is 1. The lowest BCUT2D eigenvalue weighted by molar-refractivity contribution is 0.158. The summed E-state index contributed by atoms with van der Waals surface area (Å²) < 4.78 is 0. The van der Waals surface area contributed by atoms with Crippen molar-refractivity contribution in [3.8, 4) is 0 Å². The number of halogens is 1. The summed E-state index contributed by atoms with van der Waals surface area (Å²) in [5, 5.41) is 3.74. The molecular weight excluding hydrogens is 260 g/mol. The molecule has 0 spiro atoms. The molecule has 2 rings (SSSR count). The van der Waals surface area contributed by atoms with Gasteiger partial charge in [0.1, 0.15) is 0 Å². The van der Waals surface area contributed by atoms with E-state index in [0.717, 1.165) is 36.4 Å². The lowest BCUT2D eigenvalue weighted by Gasteiger charge is -2.33. The Bertz CT molecular complexity index is 436. The second-order valence-electron chi connectivity index (χ2n) is 5.15. The molecule has 1 unspecified atom stereocenters. The van der Waals surface area contributed by atoms with Gasteiger partial charge >= 0.3 is 6.03 Å². The Morgan fingerprint density at radius 2 is 2.32 bits per heavy atom. The van der Waals surface area contributed by atoms with E-state index in [2.05, 4.69) is 12.2 Å². The Morgan fingerprint density at radius 3 is 3.05 bits per heavy atom. The summed E-state index contributed by atoms with van der Waals surface area (Å²) in [6, 6.07) is 8.19. The minimum Gasteiger partial charge on any atom is -0.338 e. The number of nitrogens with one attached hydrogen (secondary N) is 1. The Kier molecular flexibility index (Phi) is 5.08. The second-order valence-corrected chi connectivity index (χ2v) is 5.59. The summed E-state index contributed by atoms with van der Waals surface area (Å²) in [5.41, 5.74) is 1.15. The summed E-state index contributed by atoms with van der Waals surface area (Å²) >= 11 is 5.93. The van der Waals surface area contributed by atoms with E-state index >= 15 is 0 Å². The maximum Gasteiger partial charge on any atom is 0.317 e. The van der Waals surface area contributed by atoms with Crippen LogP contribution >= 0.6 is 11.6 Å². The first kappa shape index (κ1) is 14.2.